The van der Waals surface area contributed by atoms with Crippen molar-refractivity contribution in [2.24, 2.45) is 0 Å². The lowest BCUT2D eigenvalue weighted by atomic mass is 9.90. The van der Waals surface area contributed by atoms with Gasteiger partial charge in [0.15, 0.2) is 0 Å². The van der Waals surface area contributed by atoms with Gasteiger partial charge in [-0.15, -0.1) is 0 Å². The van der Waals surface area contributed by atoms with Crippen LogP contribution in [-0.2, 0) is 4.74 Å². The Kier molecular flexibility index (Phi) is 3.82. The van der Waals surface area contributed by atoms with Crippen molar-refractivity contribution in [2.45, 2.75) is 44.8 Å². The lowest BCUT2D eigenvalue weighted by Crippen LogP contribution is -2.53. The smallest absolute Gasteiger partial charge is 0.224 e. The monoisotopic (exact) mass is 262 g/mol. The van der Waals surface area contributed by atoms with Gasteiger partial charge in [-0.2, -0.15) is 4.98 Å². The SMILES string of the molecule is CCNc1nccc(N2CCOC3CCCCC32)n1. The maximum Gasteiger partial charge on any atom is 0.224 e. The highest BCUT2D eigenvalue weighted by Crippen LogP contribution is 2.31. The number of nitrogens with one attached hydrogen (secondary N) is 1. The fourth-order valence-corrected chi connectivity index (χ4v) is 3.13. The Hall–Kier alpha value is -1.36. The first-order valence-corrected chi connectivity index (χ1v) is 7.33. The molecule has 1 aromatic heterocycles. The summed E-state index contributed by atoms with van der Waals surface area (Å²) in [6.45, 7) is 4.64. The highest BCUT2D eigenvalue weighted by atomic mass is 16.5. The maximum absolute atomic E-state index is 5.91. The second kappa shape index (κ2) is 5.74. The second-order valence-corrected chi connectivity index (χ2v) is 5.22. The molecule has 0 aromatic carbocycles. The third-order valence-electron chi connectivity index (χ3n) is 4.00. The topological polar surface area (TPSA) is 50.3 Å². The molecule has 104 valence electrons. The van der Waals surface area contributed by atoms with E-state index >= 15 is 0 Å². The first kappa shape index (κ1) is 12.7. The number of morpholine rings is 1. The molecule has 1 aromatic rings. The zero-order valence-electron chi connectivity index (χ0n) is 11.5. The van der Waals surface area contributed by atoms with Crippen LogP contribution in [0.2, 0.25) is 0 Å². The summed E-state index contributed by atoms with van der Waals surface area (Å²) in [7, 11) is 0. The molecule has 1 aliphatic heterocycles. The summed E-state index contributed by atoms with van der Waals surface area (Å²) in [5.41, 5.74) is 0. The molecule has 2 atom stereocenters. The zero-order chi connectivity index (χ0) is 13.1. The van der Waals surface area contributed by atoms with Crippen LogP contribution < -0.4 is 10.2 Å². The molecule has 1 saturated heterocycles. The van der Waals surface area contributed by atoms with Crippen molar-refractivity contribution in [3.63, 3.8) is 0 Å². The predicted octanol–water partition coefficient (Wildman–Crippen LogP) is 2.06. The average molecular weight is 262 g/mol. The van der Waals surface area contributed by atoms with Gasteiger partial charge in [0.25, 0.3) is 0 Å². The summed E-state index contributed by atoms with van der Waals surface area (Å²) in [6, 6.07) is 2.50. The van der Waals surface area contributed by atoms with E-state index in [-0.39, 0.29) is 0 Å². The Morgan fingerprint density at radius 1 is 1.42 bits per heavy atom. The molecule has 5 nitrogen and oxygen atoms in total. The van der Waals surface area contributed by atoms with Crippen LogP contribution in [0.1, 0.15) is 32.6 Å². The number of fused-ring (bicyclic) bond motifs is 1. The van der Waals surface area contributed by atoms with E-state index in [9.17, 15) is 0 Å². The van der Waals surface area contributed by atoms with E-state index in [4.69, 9.17) is 4.74 Å². The van der Waals surface area contributed by atoms with Gasteiger partial charge in [0.2, 0.25) is 5.95 Å². The standard InChI is InChI=1S/C14H22N4O/c1-2-15-14-16-8-7-13(17-14)18-9-10-19-12-6-4-3-5-11(12)18/h7-8,11-12H,2-6,9-10H2,1H3,(H,15,16,17). The van der Waals surface area contributed by atoms with Gasteiger partial charge >= 0.3 is 0 Å². The van der Waals surface area contributed by atoms with Gasteiger partial charge in [0.1, 0.15) is 5.82 Å². The Balaban J connectivity index is 1.81. The van der Waals surface area contributed by atoms with Gasteiger partial charge in [-0.1, -0.05) is 12.8 Å². The molecule has 0 spiro atoms. The predicted molar refractivity (Wildman–Crippen MR) is 75.5 cm³/mol. The lowest BCUT2D eigenvalue weighted by Gasteiger charge is -2.44. The molecular formula is C14H22N4O. The van der Waals surface area contributed by atoms with Gasteiger partial charge in [-0.3, -0.25) is 0 Å². The summed E-state index contributed by atoms with van der Waals surface area (Å²) in [5, 5.41) is 3.18. The van der Waals surface area contributed by atoms with Crippen LogP contribution in [-0.4, -0.2) is 41.8 Å². The first-order chi connectivity index (χ1) is 9.38. The van der Waals surface area contributed by atoms with Crippen molar-refractivity contribution in [2.75, 3.05) is 29.9 Å². The molecule has 0 bridgehead atoms. The van der Waals surface area contributed by atoms with Gasteiger partial charge in [-0.25, -0.2) is 4.98 Å². The number of hydrogen-bond donors (Lipinski definition) is 1. The van der Waals surface area contributed by atoms with Crippen molar-refractivity contribution < 1.29 is 4.74 Å². The fraction of sp³-hybridized carbons (Fsp3) is 0.714. The van der Waals surface area contributed by atoms with E-state index < -0.39 is 0 Å². The van der Waals surface area contributed by atoms with Crippen LogP contribution >= 0.6 is 0 Å². The van der Waals surface area contributed by atoms with Crippen molar-refractivity contribution in [3.05, 3.63) is 12.3 Å². The number of rotatable bonds is 3. The van der Waals surface area contributed by atoms with Gasteiger partial charge in [-0.05, 0) is 25.8 Å². The van der Waals surface area contributed by atoms with E-state index in [0.717, 1.165) is 31.5 Å². The molecule has 2 heterocycles. The quantitative estimate of drug-likeness (QED) is 0.903. The first-order valence-electron chi connectivity index (χ1n) is 7.33. The third kappa shape index (κ3) is 2.66. The molecule has 1 saturated carbocycles. The summed E-state index contributed by atoms with van der Waals surface area (Å²) >= 11 is 0. The average Bonchev–Trinajstić information content (AvgIpc) is 2.47. The summed E-state index contributed by atoms with van der Waals surface area (Å²) in [5.74, 6) is 1.75. The van der Waals surface area contributed by atoms with Crippen LogP contribution in [0.25, 0.3) is 0 Å². The molecular weight excluding hydrogens is 240 g/mol. The van der Waals surface area contributed by atoms with Crippen molar-refractivity contribution in [1.82, 2.24) is 9.97 Å². The molecule has 0 amide bonds. The molecule has 1 aliphatic carbocycles. The fourth-order valence-electron chi connectivity index (χ4n) is 3.13. The Morgan fingerprint density at radius 3 is 3.21 bits per heavy atom. The highest BCUT2D eigenvalue weighted by molar-refractivity contribution is 5.44. The molecule has 19 heavy (non-hydrogen) atoms. The van der Waals surface area contributed by atoms with Crippen LogP contribution in [0.4, 0.5) is 11.8 Å². The molecule has 2 unspecified atom stereocenters. The second-order valence-electron chi connectivity index (χ2n) is 5.22. The molecule has 3 rings (SSSR count). The molecule has 5 heteroatoms. The van der Waals surface area contributed by atoms with Crippen molar-refractivity contribution in [1.29, 1.82) is 0 Å². The van der Waals surface area contributed by atoms with Gasteiger partial charge in [0.05, 0.1) is 18.8 Å². The zero-order valence-corrected chi connectivity index (χ0v) is 11.5. The van der Waals surface area contributed by atoms with Crippen LogP contribution in [0.5, 0.6) is 0 Å². The Bertz CT molecular complexity index is 424. The van der Waals surface area contributed by atoms with E-state index in [1.165, 1.54) is 25.7 Å². The van der Waals surface area contributed by atoms with Crippen LogP contribution in [0.15, 0.2) is 12.3 Å². The third-order valence-corrected chi connectivity index (χ3v) is 4.00. The van der Waals surface area contributed by atoms with E-state index in [1.54, 1.807) is 0 Å². The number of anilines is 2. The van der Waals surface area contributed by atoms with Gasteiger partial charge in [0, 0.05) is 19.3 Å². The minimum atomic E-state index is 0.389. The minimum Gasteiger partial charge on any atom is -0.374 e. The van der Waals surface area contributed by atoms with Crippen LogP contribution in [0.3, 0.4) is 0 Å². The molecule has 0 radical (unpaired) electrons. The Morgan fingerprint density at radius 2 is 2.32 bits per heavy atom. The Labute approximate surface area is 114 Å². The minimum absolute atomic E-state index is 0.389. The van der Waals surface area contributed by atoms with E-state index in [2.05, 4.69) is 27.1 Å². The number of nitrogens with zero attached hydrogens (tertiary/aromatic N) is 3. The van der Waals surface area contributed by atoms with Crippen molar-refractivity contribution in [3.8, 4) is 0 Å². The van der Waals surface area contributed by atoms with Crippen LogP contribution in [0, 0.1) is 0 Å². The largest absolute Gasteiger partial charge is 0.374 e. The molecule has 2 fully saturated rings. The normalized spacial score (nSPS) is 26.9. The lowest BCUT2D eigenvalue weighted by molar-refractivity contribution is -0.00898. The summed E-state index contributed by atoms with van der Waals surface area (Å²) in [4.78, 5) is 11.3. The van der Waals surface area contributed by atoms with Gasteiger partial charge < -0.3 is 15.0 Å². The summed E-state index contributed by atoms with van der Waals surface area (Å²) in [6.07, 6.45) is 7.22. The number of ether oxygens (including phenoxy) is 1. The highest BCUT2D eigenvalue weighted by Gasteiger charge is 2.34. The maximum atomic E-state index is 5.91. The van der Waals surface area contributed by atoms with E-state index in [1.807, 2.05) is 12.3 Å². The van der Waals surface area contributed by atoms with Crippen molar-refractivity contribution >= 4 is 11.8 Å². The number of hydrogen-bond acceptors (Lipinski definition) is 5. The van der Waals surface area contributed by atoms with E-state index in [0.29, 0.717) is 12.1 Å². The molecule has 2 aliphatic rings. The molecule has 1 N–H and O–H groups in total. The number of aromatic nitrogens is 2. The summed E-state index contributed by atoms with van der Waals surface area (Å²) < 4.78 is 5.91.